The van der Waals surface area contributed by atoms with Gasteiger partial charge in [0.25, 0.3) is 5.92 Å². The average Bonchev–Trinajstić information content (AvgIpc) is 3.26. The van der Waals surface area contributed by atoms with E-state index in [-0.39, 0.29) is 25.0 Å². The van der Waals surface area contributed by atoms with Gasteiger partial charge < -0.3 is 0 Å². The lowest BCUT2D eigenvalue weighted by Crippen LogP contribution is -2.36. The van der Waals surface area contributed by atoms with Gasteiger partial charge in [-0.05, 0) is 17.2 Å². The Hall–Kier alpha value is -2.08. The summed E-state index contributed by atoms with van der Waals surface area (Å²) < 4.78 is 28.7. The highest BCUT2D eigenvalue weighted by molar-refractivity contribution is 7.17. The molecule has 2 aliphatic carbocycles. The summed E-state index contributed by atoms with van der Waals surface area (Å²) in [6, 6.07) is 1.85. The molecule has 3 nitrogen and oxygen atoms in total. The summed E-state index contributed by atoms with van der Waals surface area (Å²) in [4.78, 5) is 14.1. The second-order valence-electron chi connectivity index (χ2n) is 6.73. The van der Waals surface area contributed by atoms with Gasteiger partial charge in [-0.1, -0.05) is 26.8 Å². The first-order valence-corrected chi connectivity index (χ1v) is 9.55. The molecule has 0 spiro atoms. The monoisotopic (exact) mass is 376 g/mol. The SMILES string of the molecule is C=CC1(C)CC(F)(F)CC2=C1CC(=O)c1sc(-c3cn[nH]c3)cc12.CC. The number of aromatic amines is 1. The normalized spacial score (nSPS) is 23.7. The predicted molar refractivity (Wildman–Crippen MR) is 102 cm³/mol. The van der Waals surface area contributed by atoms with Gasteiger partial charge in [-0.3, -0.25) is 9.89 Å². The molecular weight excluding hydrogens is 354 g/mol. The minimum atomic E-state index is -2.79. The number of thiophene rings is 1. The summed E-state index contributed by atoms with van der Waals surface area (Å²) >= 11 is 1.35. The molecular formula is C20H22F2N2OS. The van der Waals surface area contributed by atoms with Crippen molar-refractivity contribution < 1.29 is 13.6 Å². The van der Waals surface area contributed by atoms with Crippen molar-refractivity contribution in [1.29, 1.82) is 0 Å². The predicted octanol–water partition coefficient (Wildman–Crippen LogP) is 6.13. The van der Waals surface area contributed by atoms with Crippen LogP contribution in [0.15, 0.2) is 36.7 Å². The molecule has 0 fully saturated rings. The van der Waals surface area contributed by atoms with Gasteiger partial charge in [-0.25, -0.2) is 8.78 Å². The zero-order valence-corrected chi connectivity index (χ0v) is 16.0. The van der Waals surface area contributed by atoms with Crippen LogP contribution in [-0.4, -0.2) is 21.9 Å². The van der Waals surface area contributed by atoms with E-state index in [4.69, 9.17) is 0 Å². The molecule has 0 aliphatic heterocycles. The molecule has 2 aliphatic rings. The largest absolute Gasteiger partial charge is 0.293 e. The highest BCUT2D eigenvalue weighted by Gasteiger charge is 2.49. The van der Waals surface area contributed by atoms with Crippen LogP contribution in [0.1, 0.15) is 55.3 Å². The van der Waals surface area contributed by atoms with E-state index in [9.17, 15) is 13.6 Å². The number of halogens is 2. The Morgan fingerprint density at radius 1 is 1.38 bits per heavy atom. The summed E-state index contributed by atoms with van der Waals surface area (Å²) in [5, 5.41) is 6.65. The molecule has 26 heavy (non-hydrogen) atoms. The number of rotatable bonds is 2. The molecule has 2 heterocycles. The lowest BCUT2D eigenvalue weighted by atomic mass is 9.65. The Bertz CT molecular complexity index is 880. The van der Waals surface area contributed by atoms with Gasteiger partial charge in [-0.2, -0.15) is 5.10 Å². The molecule has 6 heteroatoms. The number of hydrogen-bond donors (Lipinski definition) is 1. The lowest BCUT2D eigenvalue weighted by Gasteiger charge is -2.41. The van der Waals surface area contributed by atoms with Crippen LogP contribution in [0.3, 0.4) is 0 Å². The third kappa shape index (κ3) is 2.96. The molecule has 0 aromatic carbocycles. The van der Waals surface area contributed by atoms with Gasteiger partial charge in [0.2, 0.25) is 0 Å². The van der Waals surface area contributed by atoms with Crippen molar-refractivity contribution >= 4 is 22.7 Å². The van der Waals surface area contributed by atoms with Crippen molar-refractivity contribution in [2.75, 3.05) is 0 Å². The molecule has 1 N–H and O–H groups in total. The van der Waals surface area contributed by atoms with Gasteiger partial charge in [0, 0.05) is 46.9 Å². The van der Waals surface area contributed by atoms with Gasteiger partial charge in [0.1, 0.15) is 0 Å². The molecule has 1 unspecified atom stereocenters. The zero-order valence-electron chi connectivity index (χ0n) is 15.2. The number of Topliss-reactive ketones (excluding diaryl/α,β-unsaturated/α-hetero) is 1. The number of H-pyrrole nitrogens is 1. The average molecular weight is 376 g/mol. The van der Waals surface area contributed by atoms with E-state index in [1.165, 1.54) is 11.3 Å². The summed E-state index contributed by atoms with van der Waals surface area (Å²) in [7, 11) is 0. The number of ketones is 1. The van der Waals surface area contributed by atoms with Crippen molar-refractivity contribution in [3.8, 4) is 10.4 Å². The Balaban J connectivity index is 0.000000948. The molecule has 1 atom stereocenters. The highest BCUT2D eigenvalue weighted by atomic mass is 32.1. The highest BCUT2D eigenvalue weighted by Crippen LogP contribution is 2.56. The first kappa shape index (κ1) is 18.7. The van der Waals surface area contributed by atoms with Crippen LogP contribution < -0.4 is 0 Å². The number of carbonyl (C=O) groups is 1. The summed E-state index contributed by atoms with van der Waals surface area (Å²) in [5.41, 5.74) is 2.10. The van der Waals surface area contributed by atoms with E-state index in [0.717, 1.165) is 16.0 Å². The first-order chi connectivity index (χ1) is 12.3. The van der Waals surface area contributed by atoms with Crippen LogP contribution in [0.5, 0.6) is 0 Å². The molecule has 2 aromatic heterocycles. The second kappa shape index (κ2) is 6.58. The molecule has 138 valence electrons. The quantitative estimate of drug-likeness (QED) is 0.641. The molecule has 0 bridgehead atoms. The standard InChI is InChI=1S/C18H16F2N2OS.C2H6/c1-3-17(2)9-18(19,20)6-12-11-4-15(10-7-21-22-8-10)24-16(11)14(23)5-13(12)17;1-2/h3-4,7-8H,1,5-6,9H2,2H3,(H,21,22);1-2H3. The van der Waals surface area contributed by atoms with Crippen molar-refractivity contribution in [3.63, 3.8) is 0 Å². The van der Waals surface area contributed by atoms with Gasteiger partial charge in [0.15, 0.2) is 5.78 Å². The zero-order chi connectivity index (χ0) is 19.1. The third-order valence-corrected chi connectivity index (χ3v) is 6.22. The number of alkyl halides is 2. The van der Waals surface area contributed by atoms with Crippen LogP contribution in [0.2, 0.25) is 0 Å². The van der Waals surface area contributed by atoms with E-state index in [0.29, 0.717) is 16.0 Å². The number of hydrogen-bond acceptors (Lipinski definition) is 3. The van der Waals surface area contributed by atoms with E-state index < -0.39 is 11.3 Å². The summed E-state index contributed by atoms with van der Waals surface area (Å²) in [5.74, 6) is -2.79. The number of nitrogens with zero attached hydrogens (tertiary/aromatic N) is 1. The van der Waals surface area contributed by atoms with Crippen LogP contribution in [0.4, 0.5) is 8.78 Å². The van der Waals surface area contributed by atoms with Crippen LogP contribution in [-0.2, 0) is 0 Å². The van der Waals surface area contributed by atoms with Crippen LogP contribution in [0.25, 0.3) is 16.0 Å². The molecule has 0 amide bonds. The topological polar surface area (TPSA) is 45.8 Å². The van der Waals surface area contributed by atoms with E-state index in [1.807, 2.05) is 19.9 Å². The summed E-state index contributed by atoms with van der Waals surface area (Å²) in [6.45, 7) is 9.50. The Morgan fingerprint density at radius 3 is 2.73 bits per heavy atom. The second-order valence-corrected chi connectivity index (χ2v) is 7.78. The van der Waals surface area contributed by atoms with Crippen molar-refractivity contribution in [2.45, 2.75) is 46.0 Å². The molecule has 0 radical (unpaired) electrons. The molecule has 4 rings (SSSR count). The van der Waals surface area contributed by atoms with E-state index >= 15 is 0 Å². The molecule has 2 aromatic rings. The fourth-order valence-corrected chi connectivity index (χ4v) is 4.87. The van der Waals surface area contributed by atoms with Gasteiger partial charge in [0.05, 0.1) is 11.1 Å². The summed E-state index contributed by atoms with van der Waals surface area (Å²) in [6.07, 6.45) is 4.57. The van der Waals surface area contributed by atoms with Crippen LogP contribution >= 0.6 is 11.3 Å². The number of fused-ring (bicyclic) bond motifs is 2. The maximum atomic E-state index is 14.4. The van der Waals surface area contributed by atoms with Crippen LogP contribution in [0, 0.1) is 5.41 Å². The lowest BCUT2D eigenvalue weighted by molar-refractivity contribution is -0.0290. The fraction of sp³-hybridized carbons (Fsp3) is 0.400. The van der Waals surface area contributed by atoms with Crippen molar-refractivity contribution in [1.82, 2.24) is 10.2 Å². The minimum absolute atomic E-state index is 0.00165. The van der Waals surface area contributed by atoms with E-state index in [2.05, 4.69) is 16.8 Å². The molecule has 0 saturated heterocycles. The maximum Gasteiger partial charge on any atom is 0.253 e. The number of aromatic nitrogens is 2. The molecule has 0 saturated carbocycles. The number of carbonyl (C=O) groups excluding carboxylic acids is 1. The Kier molecular flexibility index (Phi) is 4.73. The minimum Gasteiger partial charge on any atom is -0.293 e. The Morgan fingerprint density at radius 2 is 2.12 bits per heavy atom. The maximum absolute atomic E-state index is 14.4. The van der Waals surface area contributed by atoms with Gasteiger partial charge in [-0.15, -0.1) is 17.9 Å². The fourth-order valence-electron chi connectivity index (χ4n) is 3.77. The number of allylic oxidation sites excluding steroid dienone is 3. The number of nitrogens with one attached hydrogen (secondary N) is 1. The smallest absolute Gasteiger partial charge is 0.253 e. The van der Waals surface area contributed by atoms with Gasteiger partial charge >= 0.3 is 0 Å². The van der Waals surface area contributed by atoms with E-state index in [1.54, 1.807) is 25.4 Å². The Labute approximate surface area is 155 Å². The van der Waals surface area contributed by atoms with Crippen molar-refractivity contribution in [2.24, 2.45) is 5.41 Å². The first-order valence-electron chi connectivity index (χ1n) is 8.73. The third-order valence-electron chi connectivity index (χ3n) is 5.00. The van der Waals surface area contributed by atoms with Crippen molar-refractivity contribution in [3.05, 3.63) is 47.1 Å².